The molecule has 3 fully saturated rings. The lowest BCUT2D eigenvalue weighted by Crippen LogP contribution is -2.57. The summed E-state index contributed by atoms with van der Waals surface area (Å²) in [6.07, 6.45) is 1.53. The molecule has 3 aliphatic rings. The number of fused-ring (bicyclic) bond motifs is 2. The predicted molar refractivity (Wildman–Crippen MR) is 149 cm³/mol. The largest absolute Gasteiger partial charge is 0.391 e. The Labute approximate surface area is 233 Å². The SMILES string of the molecule is Cc1ncsc1-c1ccc([C@H](C)NC(=O)C2C[C@@H](O)CN2C(=O)C(C)NC(=O)CN2C3CCC2CNC3)cc1. The quantitative estimate of drug-likeness (QED) is 0.386. The third-order valence-electron chi connectivity index (χ3n) is 8.25. The van der Waals surface area contributed by atoms with Gasteiger partial charge in [0.2, 0.25) is 17.7 Å². The van der Waals surface area contributed by atoms with E-state index in [1.165, 1.54) is 4.90 Å². The number of aliphatic hydroxyl groups is 1. The van der Waals surface area contributed by atoms with E-state index in [0.717, 1.165) is 47.6 Å². The number of nitrogens with zero attached hydrogens (tertiary/aromatic N) is 3. The number of β-amino-alcohol motifs (C(OH)–C–C–N with tert-alkyl or cyclic N) is 1. The standard InChI is InChI=1S/C28H38N6O4S/c1-16(19-4-6-20(7-5-19)26-17(2)30-15-39-26)32-27(37)24-10-23(35)13-34(24)28(38)18(3)31-25(36)14-33-21-8-9-22(33)12-29-11-21/h4-7,15-16,18,21-24,29,35H,8-14H2,1-3H3,(H,31,36)(H,32,37)/t16-,18?,21?,22?,23+,24?/m0/s1. The van der Waals surface area contributed by atoms with Crippen molar-refractivity contribution >= 4 is 29.1 Å². The van der Waals surface area contributed by atoms with Crippen LogP contribution in [0.1, 0.15) is 50.4 Å². The van der Waals surface area contributed by atoms with Crippen LogP contribution >= 0.6 is 11.3 Å². The minimum absolute atomic E-state index is 0.0658. The number of aromatic nitrogens is 1. The molecule has 3 saturated heterocycles. The highest BCUT2D eigenvalue weighted by atomic mass is 32.1. The second-order valence-electron chi connectivity index (χ2n) is 11.0. The number of hydrogen-bond acceptors (Lipinski definition) is 8. The molecule has 0 aliphatic carbocycles. The molecular formula is C28H38N6O4S. The van der Waals surface area contributed by atoms with E-state index in [-0.39, 0.29) is 43.3 Å². The van der Waals surface area contributed by atoms with Crippen LogP contribution < -0.4 is 16.0 Å². The van der Waals surface area contributed by atoms with Gasteiger partial charge in [0.25, 0.3) is 0 Å². The van der Waals surface area contributed by atoms with E-state index >= 15 is 0 Å². The Kier molecular flexibility index (Phi) is 8.32. The lowest BCUT2D eigenvalue weighted by atomic mass is 10.0. The van der Waals surface area contributed by atoms with Gasteiger partial charge in [-0.25, -0.2) is 4.98 Å². The number of thiazole rings is 1. The average molecular weight is 555 g/mol. The van der Waals surface area contributed by atoms with Crippen LogP contribution in [0.3, 0.4) is 0 Å². The first-order chi connectivity index (χ1) is 18.7. The van der Waals surface area contributed by atoms with Crippen molar-refractivity contribution in [1.82, 2.24) is 30.7 Å². The van der Waals surface area contributed by atoms with Gasteiger partial charge < -0.3 is 26.0 Å². The van der Waals surface area contributed by atoms with E-state index in [0.29, 0.717) is 12.1 Å². The van der Waals surface area contributed by atoms with E-state index in [1.54, 1.807) is 18.3 Å². The van der Waals surface area contributed by atoms with Crippen LogP contribution in [0.5, 0.6) is 0 Å². The molecule has 1 aromatic heterocycles. The summed E-state index contributed by atoms with van der Waals surface area (Å²) in [5.41, 5.74) is 4.83. The average Bonchev–Trinajstić information content (AvgIpc) is 3.57. The molecular weight excluding hydrogens is 516 g/mol. The number of amides is 3. The van der Waals surface area contributed by atoms with E-state index in [2.05, 4.69) is 25.8 Å². The Morgan fingerprint density at radius 1 is 1.13 bits per heavy atom. The van der Waals surface area contributed by atoms with Crippen LogP contribution in [-0.2, 0) is 14.4 Å². The van der Waals surface area contributed by atoms with Crippen LogP contribution in [0, 0.1) is 6.92 Å². The highest BCUT2D eigenvalue weighted by molar-refractivity contribution is 7.13. The molecule has 5 rings (SSSR count). The first-order valence-corrected chi connectivity index (χ1v) is 14.6. The molecule has 1 aromatic carbocycles. The highest BCUT2D eigenvalue weighted by Crippen LogP contribution is 2.29. The number of aryl methyl sites for hydroxylation is 1. The molecule has 39 heavy (non-hydrogen) atoms. The van der Waals surface area contributed by atoms with Gasteiger partial charge in [-0.1, -0.05) is 24.3 Å². The van der Waals surface area contributed by atoms with Gasteiger partial charge in [0.1, 0.15) is 12.1 Å². The minimum Gasteiger partial charge on any atom is -0.391 e. The van der Waals surface area contributed by atoms with Crippen molar-refractivity contribution in [1.29, 1.82) is 0 Å². The van der Waals surface area contributed by atoms with Crippen molar-refractivity contribution in [3.8, 4) is 10.4 Å². The highest BCUT2D eigenvalue weighted by Gasteiger charge is 2.41. The molecule has 210 valence electrons. The predicted octanol–water partition coefficient (Wildman–Crippen LogP) is 1.20. The van der Waals surface area contributed by atoms with Crippen LogP contribution in [0.4, 0.5) is 0 Å². The molecule has 10 nitrogen and oxygen atoms in total. The van der Waals surface area contributed by atoms with Gasteiger partial charge in [-0.15, -0.1) is 11.3 Å². The Bertz CT molecular complexity index is 1190. The number of carbonyl (C=O) groups is 3. The van der Waals surface area contributed by atoms with Crippen molar-refractivity contribution in [3.63, 3.8) is 0 Å². The zero-order valence-electron chi connectivity index (χ0n) is 22.7. The van der Waals surface area contributed by atoms with Gasteiger partial charge in [0.15, 0.2) is 0 Å². The molecule has 0 spiro atoms. The van der Waals surface area contributed by atoms with Crippen LogP contribution in [-0.4, -0.2) is 94.1 Å². The zero-order valence-corrected chi connectivity index (χ0v) is 23.5. The number of nitrogens with one attached hydrogen (secondary N) is 3. The summed E-state index contributed by atoms with van der Waals surface area (Å²) in [5.74, 6) is -0.869. The number of aliphatic hydroxyl groups excluding tert-OH is 1. The van der Waals surface area contributed by atoms with Crippen LogP contribution in [0.25, 0.3) is 10.4 Å². The smallest absolute Gasteiger partial charge is 0.245 e. The third-order valence-corrected chi connectivity index (χ3v) is 9.22. The summed E-state index contributed by atoms with van der Waals surface area (Å²) in [5, 5.41) is 19.6. The molecule has 2 aromatic rings. The molecule has 4 unspecified atom stereocenters. The molecule has 3 amide bonds. The summed E-state index contributed by atoms with van der Waals surface area (Å²) < 4.78 is 0. The van der Waals surface area contributed by atoms with Crippen LogP contribution in [0.2, 0.25) is 0 Å². The van der Waals surface area contributed by atoms with E-state index in [4.69, 9.17) is 0 Å². The van der Waals surface area contributed by atoms with Gasteiger partial charge in [-0.3, -0.25) is 19.3 Å². The normalized spacial score (nSPS) is 26.3. The van der Waals surface area contributed by atoms with Crippen molar-refractivity contribution in [2.24, 2.45) is 0 Å². The van der Waals surface area contributed by atoms with Crippen molar-refractivity contribution in [2.75, 3.05) is 26.2 Å². The van der Waals surface area contributed by atoms with Crippen molar-refractivity contribution in [3.05, 3.63) is 41.0 Å². The van der Waals surface area contributed by atoms with Gasteiger partial charge in [0.05, 0.1) is 34.8 Å². The topological polar surface area (TPSA) is 127 Å². The Morgan fingerprint density at radius 2 is 1.82 bits per heavy atom. The van der Waals surface area contributed by atoms with E-state index < -0.39 is 18.2 Å². The number of rotatable bonds is 8. The molecule has 4 heterocycles. The lowest BCUT2D eigenvalue weighted by molar-refractivity contribution is -0.141. The summed E-state index contributed by atoms with van der Waals surface area (Å²) in [6.45, 7) is 7.62. The maximum absolute atomic E-state index is 13.3. The monoisotopic (exact) mass is 554 g/mol. The number of benzene rings is 1. The molecule has 6 atom stereocenters. The molecule has 3 aliphatic heterocycles. The minimum atomic E-state index is -0.794. The Hall–Kier alpha value is -2.86. The third kappa shape index (κ3) is 6.01. The lowest BCUT2D eigenvalue weighted by Gasteiger charge is -2.35. The summed E-state index contributed by atoms with van der Waals surface area (Å²) in [4.78, 5) is 48.4. The van der Waals surface area contributed by atoms with Gasteiger partial charge in [-0.2, -0.15) is 0 Å². The Balaban J connectivity index is 1.17. The molecule has 4 N–H and O–H groups in total. The maximum atomic E-state index is 13.3. The van der Waals surface area contributed by atoms with Gasteiger partial charge in [-0.05, 0) is 44.7 Å². The number of piperazine rings is 1. The second kappa shape index (κ2) is 11.7. The molecule has 2 bridgehead atoms. The van der Waals surface area contributed by atoms with Gasteiger partial charge in [0, 0.05) is 38.1 Å². The maximum Gasteiger partial charge on any atom is 0.245 e. The second-order valence-corrected chi connectivity index (χ2v) is 11.9. The van der Waals surface area contributed by atoms with Crippen LogP contribution in [0.15, 0.2) is 29.8 Å². The fourth-order valence-electron chi connectivity index (χ4n) is 6.09. The molecule has 0 saturated carbocycles. The first kappa shape index (κ1) is 27.7. The molecule has 0 radical (unpaired) electrons. The van der Waals surface area contributed by atoms with Crippen molar-refractivity contribution < 1.29 is 19.5 Å². The van der Waals surface area contributed by atoms with Crippen molar-refractivity contribution in [2.45, 2.75) is 76.3 Å². The number of carbonyl (C=O) groups excluding carboxylic acids is 3. The number of hydrogen-bond donors (Lipinski definition) is 4. The van der Waals surface area contributed by atoms with E-state index in [9.17, 15) is 19.5 Å². The first-order valence-electron chi connectivity index (χ1n) is 13.8. The molecule has 11 heteroatoms. The summed E-state index contributed by atoms with van der Waals surface area (Å²) in [6, 6.07) is 6.84. The Morgan fingerprint density at radius 3 is 2.46 bits per heavy atom. The number of likely N-dealkylation sites (tertiary alicyclic amines) is 1. The summed E-state index contributed by atoms with van der Waals surface area (Å²) in [7, 11) is 0. The summed E-state index contributed by atoms with van der Waals surface area (Å²) >= 11 is 1.59. The van der Waals surface area contributed by atoms with E-state index in [1.807, 2.05) is 43.6 Å². The fraction of sp³-hybridized carbons (Fsp3) is 0.571. The van der Waals surface area contributed by atoms with Gasteiger partial charge >= 0.3 is 0 Å². The zero-order chi connectivity index (χ0) is 27.7. The fourth-order valence-corrected chi connectivity index (χ4v) is 6.90.